The average molecular weight is 591 g/mol. The minimum atomic E-state index is -4.94. The van der Waals surface area contributed by atoms with E-state index in [2.05, 4.69) is 15.2 Å². The molecule has 3 aliphatic rings. The number of benzene rings is 1. The Bertz CT molecular complexity index is 1450. The van der Waals surface area contributed by atoms with Crippen LogP contribution in [0, 0.1) is 5.82 Å². The van der Waals surface area contributed by atoms with Gasteiger partial charge in [-0.05, 0) is 51.4 Å². The highest BCUT2D eigenvalue weighted by molar-refractivity contribution is 6.07. The number of hydrogen-bond acceptors (Lipinski definition) is 5. The molecule has 2 aromatic rings. The fourth-order valence-electron chi connectivity index (χ4n) is 5.86. The van der Waals surface area contributed by atoms with E-state index in [4.69, 9.17) is 0 Å². The number of likely N-dealkylation sites (N-methyl/N-ethyl adjacent to an activating group) is 1. The number of halogens is 4. The van der Waals surface area contributed by atoms with E-state index in [1.807, 2.05) is 25.8 Å². The van der Waals surface area contributed by atoms with E-state index in [1.165, 1.54) is 12.1 Å². The molecule has 3 amide bonds. The van der Waals surface area contributed by atoms with Gasteiger partial charge in [-0.15, -0.1) is 0 Å². The molecular formula is C29H34F4N6O3. The van der Waals surface area contributed by atoms with Crippen molar-refractivity contribution in [3.05, 3.63) is 63.3 Å². The summed E-state index contributed by atoms with van der Waals surface area (Å²) in [5.74, 6) is -1.66. The van der Waals surface area contributed by atoms with Gasteiger partial charge in [-0.25, -0.2) is 9.18 Å². The van der Waals surface area contributed by atoms with Gasteiger partial charge in [-0.1, -0.05) is 6.08 Å². The number of H-pyrrole nitrogens is 1. The van der Waals surface area contributed by atoms with E-state index in [-0.39, 0.29) is 35.9 Å². The Morgan fingerprint density at radius 1 is 1.02 bits per heavy atom. The van der Waals surface area contributed by atoms with E-state index in [9.17, 15) is 27.6 Å². The van der Waals surface area contributed by atoms with Gasteiger partial charge in [0.05, 0.1) is 22.5 Å². The van der Waals surface area contributed by atoms with Gasteiger partial charge in [0.25, 0.3) is 5.91 Å². The van der Waals surface area contributed by atoms with Crippen molar-refractivity contribution in [2.24, 2.45) is 0 Å². The maximum atomic E-state index is 15.8. The molecule has 4 heterocycles. The molecule has 0 unspecified atom stereocenters. The third-order valence-electron chi connectivity index (χ3n) is 8.42. The van der Waals surface area contributed by atoms with Crippen LogP contribution in [0.25, 0.3) is 5.57 Å². The molecule has 2 fully saturated rings. The van der Waals surface area contributed by atoms with Gasteiger partial charge in [-0.3, -0.25) is 14.5 Å². The number of amides is 3. The van der Waals surface area contributed by atoms with Crippen LogP contribution in [0.1, 0.15) is 48.2 Å². The van der Waals surface area contributed by atoms with Crippen LogP contribution in [-0.4, -0.2) is 90.0 Å². The molecule has 2 saturated heterocycles. The zero-order chi connectivity index (χ0) is 30.3. The maximum Gasteiger partial charge on any atom is 0.417 e. The standard InChI is InChI=1S/C29H34F4N6O3/c1-17-14-39(15-18(2)36(17)3)25-12-23(30)20(19-6-9-38(16-19)28(42)37-7-4-5-8-37)10-24(25)35-27(41)21-13-34-26(40)11-22(21)29(31,32)33/h6,10-13,17-18H,4-5,7-9,14-16H2,1-3H3,(H,34,40)(H,35,41)/t17-,18+. The number of urea groups is 1. The normalized spacial score (nSPS) is 21.6. The molecule has 2 N–H and O–H groups in total. The first-order valence-corrected chi connectivity index (χ1v) is 14.0. The molecule has 1 aromatic heterocycles. The van der Waals surface area contributed by atoms with Crippen LogP contribution in [0.4, 0.5) is 33.7 Å². The number of aromatic nitrogens is 1. The monoisotopic (exact) mass is 590 g/mol. The van der Waals surface area contributed by atoms with Gasteiger partial charge in [-0.2, -0.15) is 13.2 Å². The summed E-state index contributed by atoms with van der Waals surface area (Å²) >= 11 is 0. The Hall–Kier alpha value is -3.87. The molecule has 9 nitrogen and oxygen atoms in total. The van der Waals surface area contributed by atoms with Crippen molar-refractivity contribution in [3.8, 4) is 0 Å². The summed E-state index contributed by atoms with van der Waals surface area (Å²) in [7, 11) is 1.98. The second-order valence-corrected chi connectivity index (χ2v) is 11.3. The number of anilines is 2. The quantitative estimate of drug-likeness (QED) is 0.521. The molecule has 226 valence electrons. The van der Waals surface area contributed by atoms with Crippen LogP contribution in [0.2, 0.25) is 0 Å². The topological polar surface area (TPSA) is 92.0 Å². The van der Waals surface area contributed by atoms with Gasteiger partial charge in [0.15, 0.2) is 0 Å². The second kappa shape index (κ2) is 11.4. The number of hydrogen-bond donors (Lipinski definition) is 2. The molecule has 0 saturated carbocycles. The molecule has 5 rings (SSSR count). The van der Waals surface area contributed by atoms with E-state index in [1.54, 1.807) is 15.9 Å². The Morgan fingerprint density at radius 3 is 2.33 bits per heavy atom. The summed E-state index contributed by atoms with van der Waals surface area (Å²) in [6.45, 7) is 6.83. The second-order valence-electron chi connectivity index (χ2n) is 11.3. The number of likely N-dealkylation sites (tertiary alicyclic amines) is 1. The molecule has 13 heteroatoms. The number of alkyl halides is 3. The largest absolute Gasteiger partial charge is 0.417 e. The third-order valence-corrected chi connectivity index (χ3v) is 8.42. The Kier molecular flexibility index (Phi) is 8.06. The van der Waals surface area contributed by atoms with E-state index in [0.717, 1.165) is 19.0 Å². The first-order valence-electron chi connectivity index (χ1n) is 14.0. The lowest BCUT2D eigenvalue weighted by Gasteiger charge is -2.44. The molecule has 1 aromatic carbocycles. The first kappa shape index (κ1) is 29.6. The third kappa shape index (κ3) is 5.87. The molecule has 3 aliphatic heterocycles. The lowest BCUT2D eigenvalue weighted by atomic mass is 10.0. The van der Waals surface area contributed by atoms with Gasteiger partial charge in [0, 0.05) is 69.2 Å². The zero-order valence-corrected chi connectivity index (χ0v) is 23.7. The summed E-state index contributed by atoms with van der Waals surface area (Å²) in [6, 6.07) is 3.09. The van der Waals surface area contributed by atoms with Crippen LogP contribution in [0.5, 0.6) is 0 Å². The minimum absolute atomic E-state index is 0.0822. The highest BCUT2D eigenvalue weighted by Gasteiger charge is 2.37. The number of carbonyl (C=O) groups excluding carboxylic acids is 2. The predicted octanol–water partition coefficient (Wildman–Crippen LogP) is 4.23. The lowest BCUT2D eigenvalue weighted by Crippen LogP contribution is -2.55. The minimum Gasteiger partial charge on any atom is -0.367 e. The summed E-state index contributed by atoms with van der Waals surface area (Å²) < 4.78 is 56.9. The molecule has 2 atom stereocenters. The smallest absolute Gasteiger partial charge is 0.367 e. The van der Waals surface area contributed by atoms with E-state index in [0.29, 0.717) is 50.1 Å². The summed E-state index contributed by atoms with van der Waals surface area (Å²) in [6.07, 6.45) is -0.588. The van der Waals surface area contributed by atoms with Gasteiger partial charge in [0.1, 0.15) is 5.82 Å². The number of piperazine rings is 1. The van der Waals surface area contributed by atoms with Gasteiger partial charge >= 0.3 is 12.2 Å². The molecule has 0 radical (unpaired) electrons. The van der Waals surface area contributed by atoms with Gasteiger partial charge in [0.2, 0.25) is 5.56 Å². The first-order chi connectivity index (χ1) is 19.8. The highest BCUT2D eigenvalue weighted by atomic mass is 19.4. The summed E-state index contributed by atoms with van der Waals surface area (Å²) in [5.41, 5.74) is -1.97. The maximum absolute atomic E-state index is 15.8. The van der Waals surface area contributed by atoms with E-state index < -0.39 is 34.6 Å². The Morgan fingerprint density at radius 2 is 1.69 bits per heavy atom. The van der Waals surface area contributed by atoms with Crippen LogP contribution < -0.4 is 15.8 Å². The number of rotatable bonds is 4. The number of pyridine rings is 1. The Labute approximate surface area is 240 Å². The number of aromatic amines is 1. The van der Waals surface area contributed by atoms with Crippen molar-refractivity contribution in [1.29, 1.82) is 0 Å². The number of carbonyl (C=O) groups is 2. The number of nitrogens with one attached hydrogen (secondary N) is 2. The molecule has 0 spiro atoms. The highest BCUT2D eigenvalue weighted by Crippen LogP contribution is 2.37. The molecule has 42 heavy (non-hydrogen) atoms. The van der Waals surface area contributed by atoms with Crippen LogP contribution in [0.15, 0.2) is 35.3 Å². The van der Waals surface area contributed by atoms with Crippen molar-refractivity contribution in [3.63, 3.8) is 0 Å². The summed E-state index contributed by atoms with van der Waals surface area (Å²) in [5, 5.41) is 2.57. The van der Waals surface area contributed by atoms with Crippen molar-refractivity contribution in [2.45, 2.75) is 44.9 Å². The van der Waals surface area contributed by atoms with E-state index >= 15 is 4.39 Å². The summed E-state index contributed by atoms with van der Waals surface area (Å²) in [4.78, 5) is 47.4. The fraction of sp³-hybridized carbons (Fsp3) is 0.483. The SMILES string of the molecule is C[C@@H]1CN(c2cc(F)c(C3=CCN(C(=O)N4CCCC4)C3)cc2NC(=O)c2c[nH]c(=O)cc2C(F)(F)F)C[C@H](C)N1C. The van der Waals surface area contributed by atoms with Crippen molar-refractivity contribution in [1.82, 2.24) is 19.7 Å². The molecular weight excluding hydrogens is 556 g/mol. The van der Waals surface area contributed by atoms with Crippen molar-refractivity contribution in [2.75, 3.05) is 56.5 Å². The Balaban J connectivity index is 1.50. The van der Waals surface area contributed by atoms with Crippen LogP contribution in [0.3, 0.4) is 0 Å². The molecule has 0 bridgehead atoms. The zero-order valence-electron chi connectivity index (χ0n) is 23.7. The fourth-order valence-corrected chi connectivity index (χ4v) is 5.86. The average Bonchev–Trinajstić information content (AvgIpc) is 3.64. The number of nitrogens with zero attached hydrogens (tertiary/aromatic N) is 4. The lowest BCUT2D eigenvalue weighted by molar-refractivity contribution is -0.138. The van der Waals surface area contributed by atoms with Crippen LogP contribution >= 0.6 is 0 Å². The van der Waals surface area contributed by atoms with Gasteiger partial charge < -0.3 is 25.0 Å². The van der Waals surface area contributed by atoms with Crippen molar-refractivity contribution < 1.29 is 27.2 Å². The van der Waals surface area contributed by atoms with Crippen LogP contribution in [-0.2, 0) is 6.18 Å². The predicted molar refractivity (Wildman–Crippen MR) is 151 cm³/mol. The van der Waals surface area contributed by atoms with Crippen molar-refractivity contribution >= 4 is 28.9 Å². The molecule has 0 aliphatic carbocycles.